The highest BCUT2D eigenvalue weighted by Crippen LogP contribution is 2.29. The highest BCUT2D eigenvalue weighted by Gasteiger charge is 2.30. The molecule has 0 aliphatic rings. The molecule has 3 nitrogen and oxygen atoms in total. The SMILES string of the molecule is C[C@@H](CO)NC(=O)c1cccc(C(F)(F)F)c1. The Labute approximate surface area is 96.3 Å². The van der Waals surface area contributed by atoms with Gasteiger partial charge < -0.3 is 10.4 Å². The quantitative estimate of drug-likeness (QED) is 0.855. The molecule has 0 saturated carbocycles. The van der Waals surface area contributed by atoms with Gasteiger partial charge in [-0.15, -0.1) is 0 Å². The minimum atomic E-state index is -4.47. The van der Waals surface area contributed by atoms with Gasteiger partial charge in [0.1, 0.15) is 0 Å². The number of benzene rings is 1. The van der Waals surface area contributed by atoms with Crippen LogP contribution < -0.4 is 5.32 Å². The van der Waals surface area contributed by atoms with Crippen LogP contribution in [-0.4, -0.2) is 23.7 Å². The number of halogens is 3. The lowest BCUT2D eigenvalue weighted by molar-refractivity contribution is -0.137. The number of carbonyl (C=O) groups is 1. The van der Waals surface area contributed by atoms with Crippen LogP contribution in [0.15, 0.2) is 24.3 Å². The predicted molar refractivity (Wildman–Crippen MR) is 55.5 cm³/mol. The molecule has 1 aromatic rings. The molecule has 17 heavy (non-hydrogen) atoms. The number of alkyl halides is 3. The summed E-state index contributed by atoms with van der Waals surface area (Å²) in [5.74, 6) is -0.641. The molecule has 0 spiro atoms. The van der Waals surface area contributed by atoms with Crippen LogP contribution in [0.2, 0.25) is 0 Å². The van der Waals surface area contributed by atoms with Gasteiger partial charge >= 0.3 is 6.18 Å². The number of nitrogens with one attached hydrogen (secondary N) is 1. The molecule has 0 heterocycles. The van der Waals surface area contributed by atoms with Crippen molar-refractivity contribution in [1.82, 2.24) is 5.32 Å². The van der Waals surface area contributed by atoms with Crippen LogP contribution in [0.4, 0.5) is 13.2 Å². The first kappa shape index (κ1) is 13.5. The summed E-state index contributed by atoms with van der Waals surface area (Å²) in [6.45, 7) is 1.27. The van der Waals surface area contributed by atoms with Crippen LogP contribution in [0, 0.1) is 0 Å². The van der Waals surface area contributed by atoms with E-state index >= 15 is 0 Å². The van der Waals surface area contributed by atoms with E-state index in [4.69, 9.17) is 5.11 Å². The lowest BCUT2D eigenvalue weighted by Crippen LogP contribution is -2.35. The van der Waals surface area contributed by atoms with E-state index in [2.05, 4.69) is 5.32 Å². The highest BCUT2D eigenvalue weighted by molar-refractivity contribution is 5.94. The van der Waals surface area contributed by atoms with Crippen molar-refractivity contribution in [2.45, 2.75) is 19.1 Å². The zero-order chi connectivity index (χ0) is 13.1. The number of rotatable bonds is 3. The lowest BCUT2D eigenvalue weighted by Gasteiger charge is -2.12. The molecule has 0 fully saturated rings. The van der Waals surface area contributed by atoms with Crippen molar-refractivity contribution in [2.75, 3.05) is 6.61 Å². The average molecular weight is 247 g/mol. The van der Waals surface area contributed by atoms with Gasteiger partial charge in [-0.2, -0.15) is 13.2 Å². The number of carbonyl (C=O) groups excluding carboxylic acids is 1. The van der Waals surface area contributed by atoms with E-state index in [0.29, 0.717) is 0 Å². The fourth-order valence-electron chi connectivity index (χ4n) is 1.19. The molecule has 94 valence electrons. The number of amides is 1. The van der Waals surface area contributed by atoms with Crippen LogP contribution >= 0.6 is 0 Å². The lowest BCUT2D eigenvalue weighted by atomic mass is 10.1. The van der Waals surface area contributed by atoms with Crippen molar-refractivity contribution < 1.29 is 23.1 Å². The van der Waals surface area contributed by atoms with E-state index in [1.165, 1.54) is 12.1 Å². The Kier molecular flexibility index (Phi) is 4.11. The molecule has 2 N–H and O–H groups in total. The topological polar surface area (TPSA) is 49.3 Å². The van der Waals surface area contributed by atoms with Gasteiger partial charge in [0.15, 0.2) is 0 Å². The van der Waals surface area contributed by atoms with Crippen molar-refractivity contribution in [3.8, 4) is 0 Å². The third-order valence-corrected chi connectivity index (χ3v) is 2.10. The Balaban J connectivity index is 2.89. The second kappa shape index (κ2) is 5.18. The number of aliphatic hydroxyl groups excluding tert-OH is 1. The Bertz CT molecular complexity index is 404. The molecule has 0 unspecified atom stereocenters. The summed E-state index contributed by atoms with van der Waals surface area (Å²) in [6.07, 6.45) is -4.47. The Morgan fingerprint density at radius 3 is 2.65 bits per heavy atom. The van der Waals surface area contributed by atoms with E-state index in [1.807, 2.05) is 0 Å². The predicted octanol–water partition coefficient (Wildman–Crippen LogP) is 1.82. The molecule has 0 aliphatic heterocycles. The Hall–Kier alpha value is -1.56. The largest absolute Gasteiger partial charge is 0.416 e. The highest BCUT2D eigenvalue weighted by atomic mass is 19.4. The number of aliphatic hydroxyl groups is 1. The molecule has 0 aliphatic carbocycles. The Morgan fingerprint density at radius 1 is 1.47 bits per heavy atom. The van der Waals surface area contributed by atoms with Gasteiger partial charge in [0.25, 0.3) is 5.91 Å². The fraction of sp³-hybridized carbons (Fsp3) is 0.364. The van der Waals surface area contributed by atoms with Gasteiger partial charge in [0.2, 0.25) is 0 Å². The maximum Gasteiger partial charge on any atom is 0.416 e. The molecule has 0 saturated heterocycles. The van der Waals surface area contributed by atoms with Gasteiger partial charge in [-0.3, -0.25) is 4.79 Å². The monoisotopic (exact) mass is 247 g/mol. The third-order valence-electron chi connectivity index (χ3n) is 2.10. The standard InChI is InChI=1S/C11H12F3NO2/c1-7(6-16)15-10(17)8-3-2-4-9(5-8)11(12,13)14/h2-5,7,16H,6H2,1H3,(H,15,17)/t7-/m0/s1. The first-order chi connectivity index (χ1) is 7.84. The smallest absolute Gasteiger partial charge is 0.394 e. The van der Waals surface area contributed by atoms with Crippen LogP contribution in [0.3, 0.4) is 0 Å². The summed E-state index contributed by atoms with van der Waals surface area (Å²) in [7, 11) is 0. The van der Waals surface area contributed by atoms with Crippen LogP contribution in [0.25, 0.3) is 0 Å². The second-order valence-corrected chi connectivity index (χ2v) is 3.64. The summed E-state index contributed by atoms with van der Waals surface area (Å²) >= 11 is 0. The van der Waals surface area contributed by atoms with Crippen molar-refractivity contribution >= 4 is 5.91 Å². The van der Waals surface area contributed by atoms with Gasteiger partial charge in [0, 0.05) is 11.6 Å². The fourth-order valence-corrected chi connectivity index (χ4v) is 1.19. The molecule has 0 bridgehead atoms. The van der Waals surface area contributed by atoms with E-state index in [-0.39, 0.29) is 12.2 Å². The third kappa shape index (κ3) is 3.74. The summed E-state index contributed by atoms with van der Waals surface area (Å²) < 4.78 is 37.2. The average Bonchev–Trinajstić information content (AvgIpc) is 2.28. The van der Waals surface area contributed by atoms with Crippen molar-refractivity contribution in [3.63, 3.8) is 0 Å². The van der Waals surface area contributed by atoms with Gasteiger partial charge in [-0.25, -0.2) is 0 Å². The summed E-state index contributed by atoms with van der Waals surface area (Å²) in [6, 6.07) is 3.62. The first-order valence-corrected chi connectivity index (χ1v) is 4.93. The van der Waals surface area contributed by atoms with Gasteiger partial charge in [0.05, 0.1) is 12.2 Å². The van der Waals surface area contributed by atoms with Crippen LogP contribution in [0.5, 0.6) is 0 Å². The molecule has 0 aromatic heterocycles. The number of hydrogen-bond acceptors (Lipinski definition) is 2. The minimum absolute atomic E-state index is 0.0832. The first-order valence-electron chi connectivity index (χ1n) is 4.93. The van der Waals surface area contributed by atoms with E-state index in [1.54, 1.807) is 6.92 Å². The zero-order valence-corrected chi connectivity index (χ0v) is 9.08. The molecule has 1 aromatic carbocycles. The van der Waals surface area contributed by atoms with Crippen LogP contribution in [-0.2, 0) is 6.18 Å². The molecule has 1 rings (SSSR count). The molecular weight excluding hydrogens is 235 g/mol. The summed E-state index contributed by atoms with van der Waals surface area (Å²) in [5, 5.41) is 11.1. The van der Waals surface area contributed by atoms with E-state index in [9.17, 15) is 18.0 Å². The van der Waals surface area contributed by atoms with Crippen molar-refractivity contribution in [1.29, 1.82) is 0 Å². The maximum absolute atomic E-state index is 12.4. The molecule has 6 heteroatoms. The summed E-state index contributed by atoms with van der Waals surface area (Å²) in [4.78, 5) is 11.5. The molecular formula is C11H12F3NO2. The second-order valence-electron chi connectivity index (χ2n) is 3.64. The van der Waals surface area contributed by atoms with E-state index < -0.39 is 23.7 Å². The molecule has 1 atom stereocenters. The van der Waals surface area contributed by atoms with Gasteiger partial charge in [-0.05, 0) is 25.1 Å². The van der Waals surface area contributed by atoms with Crippen molar-refractivity contribution in [3.05, 3.63) is 35.4 Å². The molecule has 1 amide bonds. The normalized spacial score (nSPS) is 13.2. The molecule has 0 radical (unpaired) electrons. The van der Waals surface area contributed by atoms with Gasteiger partial charge in [-0.1, -0.05) is 6.07 Å². The maximum atomic E-state index is 12.4. The zero-order valence-electron chi connectivity index (χ0n) is 9.08. The van der Waals surface area contributed by atoms with Crippen molar-refractivity contribution in [2.24, 2.45) is 0 Å². The van der Waals surface area contributed by atoms with E-state index in [0.717, 1.165) is 12.1 Å². The van der Waals surface area contributed by atoms with Crippen LogP contribution in [0.1, 0.15) is 22.8 Å². The minimum Gasteiger partial charge on any atom is -0.394 e. The number of hydrogen-bond donors (Lipinski definition) is 2. The Morgan fingerprint density at radius 2 is 2.12 bits per heavy atom. The summed E-state index contributed by atoms with van der Waals surface area (Å²) in [5.41, 5.74) is -0.957.